The molecule has 1 heterocycles. The minimum atomic E-state index is -0.833. The largest absolute Gasteiger partial charge is 0.507 e. The van der Waals surface area contributed by atoms with Crippen LogP contribution in [0.5, 0.6) is 11.5 Å². The Bertz CT molecular complexity index is 1270. The second kappa shape index (κ2) is 9.61. The molecule has 1 saturated heterocycles. The van der Waals surface area contributed by atoms with Crippen molar-refractivity contribution < 1.29 is 24.2 Å². The van der Waals surface area contributed by atoms with Gasteiger partial charge in [0.1, 0.15) is 17.3 Å². The molecule has 174 valence electrons. The summed E-state index contributed by atoms with van der Waals surface area (Å²) in [6, 6.07) is 18.7. The summed E-state index contributed by atoms with van der Waals surface area (Å²) >= 11 is 6.22. The number of aryl methyl sites for hydroxylation is 1. The van der Waals surface area contributed by atoms with Gasteiger partial charge in [0.05, 0.1) is 36.4 Å². The monoisotopic (exact) mass is 477 g/mol. The third kappa shape index (κ3) is 4.01. The third-order valence-electron chi connectivity index (χ3n) is 5.91. The van der Waals surface area contributed by atoms with Crippen LogP contribution in [0.3, 0.4) is 0 Å². The van der Waals surface area contributed by atoms with Crippen molar-refractivity contribution in [2.75, 3.05) is 19.1 Å². The van der Waals surface area contributed by atoms with Crippen LogP contribution in [0.15, 0.2) is 72.3 Å². The van der Waals surface area contributed by atoms with Crippen molar-refractivity contribution in [3.8, 4) is 11.5 Å². The first-order valence-electron chi connectivity index (χ1n) is 10.8. The summed E-state index contributed by atoms with van der Waals surface area (Å²) in [5, 5.41) is 11.7. The molecule has 3 aromatic rings. The average Bonchev–Trinajstić information content (AvgIpc) is 3.14. The molecule has 1 N–H and O–H groups in total. The smallest absolute Gasteiger partial charge is 0.300 e. The molecule has 1 atom stereocenters. The summed E-state index contributed by atoms with van der Waals surface area (Å²) in [6.07, 6.45) is 0.847. The predicted octanol–water partition coefficient (Wildman–Crippen LogP) is 5.55. The predicted molar refractivity (Wildman–Crippen MR) is 132 cm³/mol. The van der Waals surface area contributed by atoms with Gasteiger partial charge in [-0.25, -0.2) is 0 Å². The van der Waals surface area contributed by atoms with E-state index in [0.717, 1.165) is 12.0 Å². The number of ether oxygens (including phenoxy) is 2. The van der Waals surface area contributed by atoms with Crippen LogP contribution < -0.4 is 14.4 Å². The highest BCUT2D eigenvalue weighted by Gasteiger charge is 2.47. The zero-order chi connectivity index (χ0) is 24.4. The molecule has 7 heteroatoms. The van der Waals surface area contributed by atoms with Crippen molar-refractivity contribution >= 4 is 34.7 Å². The topological polar surface area (TPSA) is 76.1 Å². The number of ketones is 1. The number of hydrogen-bond donors (Lipinski definition) is 1. The van der Waals surface area contributed by atoms with E-state index in [1.807, 2.05) is 61.5 Å². The fourth-order valence-corrected chi connectivity index (χ4v) is 4.36. The fraction of sp³-hybridized carbons (Fsp3) is 0.185. The van der Waals surface area contributed by atoms with E-state index in [4.69, 9.17) is 21.1 Å². The zero-order valence-electron chi connectivity index (χ0n) is 19.0. The van der Waals surface area contributed by atoms with Gasteiger partial charge in [0.25, 0.3) is 11.7 Å². The molecule has 1 amide bonds. The lowest BCUT2D eigenvalue weighted by molar-refractivity contribution is -0.132. The number of halogens is 1. The number of carbonyl (C=O) groups excluding carboxylic acids is 2. The number of amides is 1. The highest BCUT2D eigenvalue weighted by molar-refractivity contribution is 6.51. The number of Topliss-reactive ketones (excluding diaryl/α,β-unsaturated/α-hetero) is 1. The molecule has 6 nitrogen and oxygen atoms in total. The van der Waals surface area contributed by atoms with E-state index in [0.29, 0.717) is 17.0 Å². The van der Waals surface area contributed by atoms with Gasteiger partial charge < -0.3 is 14.6 Å². The van der Waals surface area contributed by atoms with E-state index in [1.54, 1.807) is 0 Å². The second-order valence-electron chi connectivity index (χ2n) is 7.79. The molecule has 0 aliphatic carbocycles. The minimum Gasteiger partial charge on any atom is -0.507 e. The maximum atomic E-state index is 13.3. The Hall–Kier alpha value is -3.77. The number of aliphatic hydroxyl groups is 1. The molecule has 34 heavy (non-hydrogen) atoms. The van der Waals surface area contributed by atoms with Crippen LogP contribution in [0.1, 0.15) is 29.7 Å². The Labute approximate surface area is 203 Å². The summed E-state index contributed by atoms with van der Waals surface area (Å²) in [7, 11) is 2.87. The Balaban J connectivity index is 1.96. The maximum Gasteiger partial charge on any atom is 0.300 e. The Morgan fingerprint density at radius 3 is 2.21 bits per heavy atom. The number of anilines is 1. The van der Waals surface area contributed by atoms with Crippen LogP contribution in [-0.4, -0.2) is 31.0 Å². The standard InChI is InChI=1S/C27H24ClNO5/c1-4-16-10-12-18(13-11-16)29-24(17-8-6-5-7-9-17)23(26(31)27(29)32)25(30)19-14-22(34-3)20(28)15-21(19)33-2/h5-15,24,30H,4H2,1-3H3/b25-23+. The normalized spacial score (nSPS) is 17.2. The Morgan fingerprint density at radius 1 is 0.971 bits per heavy atom. The van der Waals surface area contributed by atoms with E-state index in [2.05, 4.69) is 0 Å². The SMILES string of the molecule is CCc1ccc(N2C(=O)C(=O)/C(=C(/O)c3cc(OC)c(Cl)cc3OC)C2c2ccccc2)cc1. The molecule has 0 aromatic heterocycles. The van der Waals surface area contributed by atoms with Crippen molar-refractivity contribution in [1.29, 1.82) is 0 Å². The molecule has 1 unspecified atom stereocenters. The number of aliphatic hydroxyl groups excluding tert-OH is 1. The fourth-order valence-electron chi connectivity index (χ4n) is 4.13. The zero-order valence-corrected chi connectivity index (χ0v) is 19.8. The number of rotatable bonds is 6. The van der Waals surface area contributed by atoms with Crippen LogP contribution in [-0.2, 0) is 16.0 Å². The molecular formula is C27H24ClNO5. The van der Waals surface area contributed by atoms with Gasteiger partial charge in [0.2, 0.25) is 0 Å². The van der Waals surface area contributed by atoms with Crippen LogP contribution in [0.25, 0.3) is 5.76 Å². The van der Waals surface area contributed by atoms with Gasteiger partial charge in [0, 0.05) is 11.8 Å². The van der Waals surface area contributed by atoms with E-state index in [-0.39, 0.29) is 27.7 Å². The van der Waals surface area contributed by atoms with Crippen molar-refractivity contribution in [2.45, 2.75) is 19.4 Å². The maximum absolute atomic E-state index is 13.3. The van der Waals surface area contributed by atoms with E-state index in [9.17, 15) is 14.7 Å². The van der Waals surface area contributed by atoms with Gasteiger partial charge in [-0.1, -0.05) is 61.0 Å². The number of methoxy groups -OCH3 is 2. The van der Waals surface area contributed by atoms with Crippen LogP contribution >= 0.6 is 11.6 Å². The van der Waals surface area contributed by atoms with Crippen molar-refractivity contribution in [3.63, 3.8) is 0 Å². The van der Waals surface area contributed by atoms with Crippen molar-refractivity contribution in [3.05, 3.63) is 94.0 Å². The van der Waals surface area contributed by atoms with Gasteiger partial charge in [-0.05, 0) is 35.7 Å². The van der Waals surface area contributed by atoms with E-state index in [1.165, 1.54) is 31.3 Å². The lowest BCUT2D eigenvalue weighted by Gasteiger charge is -2.25. The number of benzene rings is 3. The first-order valence-corrected chi connectivity index (χ1v) is 11.2. The molecule has 1 fully saturated rings. The number of hydrogen-bond acceptors (Lipinski definition) is 5. The molecule has 1 aliphatic rings. The Kier molecular flexibility index (Phi) is 6.61. The molecule has 1 aliphatic heterocycles. The van der Waals surface area contributed by atoms with E-state index < -0.39 is 17.7 Å². The van der Waals surface area contributed by atoms with Crippen molar-refractivity contribution in [1.82, 2.24) is 0 Å². The lowest BCUT2D eigenvalue weighted by atomic mass is 9.94. The van der Waals surface area contributed by atoms with Gasteiger partial charge in [-0.3, -0.25) is 14.5 Å². The summed E-state index contributed by atoms with van der Waals surface area (Å²) < 4.78 is 10.7. The highest BCUT2D eigenvalue weighted by Crippen LogP contribution is 2.44. The summed E-state index contributed by atoms with van der Waals surface area (Å²) in [5.74, 6) is -1.34. The van der Waals surface area contributed by atoms with Gasteiger partial charge in [-0.15, -0.1) is 0 Å². The molecule has 0 radical (unpaired) electrons. The molecule has 3 aromatic carbocycles. The average molecular weight is 478 g/mol. The first kappa shape index (κ1) is 23.4. The summed E-state index contributed by atoms with van der Waals surface area (Å²) in [4.78, 5) is 28.0. The quantitative estimate of drug-likeness (QED) is 0.286. The molecule has 4 rings (SSSR count). The summed E-state index contributed by atoms with van der Waals surface area (Å²) in [5.41, 5.74) is 2.51. The van der Waals surface area contributed by atoms with Gasteiger partial charge >= 0.3 is 0 Å². The summed E-state index contributed by atoms with van der Waals surface area (Å²) in [6.45, 7) is 2.04. The number of nitrogens with zero attached hydrogens (tertiary/aromatic N) is 1. The highest BCUT2D eigenvalue weighted by atomic mass is 35.5. The van der Waals surface area contributed by atoms with Gasteiger partial charge in [0.15, 0.2) is 0 Å². The van der Waals surface area contributed by atoms with Gasteiger partial charge in [-0.2, -0.15) is 0 Å². The first-order chi connectivity index (χ1) is 16.4. The minimum absolute atomic E-state index is 0.0431. The lowest BCUT2D eigenvalue weighted by Crippen LogP contribution is -2.29. The Morgan fingerprint density at radius 2 is 1.62 bits per heavy atom. The third-order valence-corrected chi connectivity index (χ3v) is 6.21. The van der Waals surface area contributed by atoms with Crippen molar-refractivity contribution in [2.24, 2.45) is 0 Å². The van der Waals surface area contributed by atoms with Crippen LogP contribution in [0.4, 0.5) is 5.69 Å². The van der Waals surface area contributed by atoms with E-state index >= 15 is 0 Å². The van der Waals surface area contributed by atoms with Crippen LogP contribution in [0, 0.1) is 0 Å². The van der Waals surface area contributed by atoms with Crippen LogP contribution in [0.2, 0.25) is 5.02 Å². The molecule has 0 saturated carbocycles. The molecular weight excluding hydrogens is 454 g/mol. The second-order valence-corrected chi connectivity index (χ2v) is 8.19. The number of carbonyl (C=O) groups is 2. The molecule has 0 bridgehead atoms. The molecule has 0 spiro atoms.